The second-order valence-electron chi connectivity index (χ2n) is 5.76. The molecule has 1 aromatic carbocycles. The van der Waals surface area contributed by atoms with Crippen LogP contribution in [0.5, 0.6) is 0 Å². The Kier molecular flexibility index (Phi) is 5.02. The topological polar surface area (TPSA) is 67.3 Å². The van der Waals surface area contributed by atoms with Crippen LogP contribution < -0.4 is 10.2 Å². The van der Waals surface area contributed by atoms with Gasteiger partial charge < -0.3 is 15.0 Å². The summed E-state index contributed by atoms with van der Waals surface area (Å²) in [5.41, 5.74) is 0.955. The number of methoxy groups -OCH3 is 1. The number of benzene rings is 1. The van der Waals surface area contributed by atoms with E-state index in [4.69, 9.17) is 4.74 Å². The minimum Gasteiger partial charge on any atom is -0.383 e. The molecule has 3 rings (SSSR count). The van der Waals surface area contributed by atoms with E-state index in [0.717, 1.165) is 42.7 Å². The highest BCUT2D eigenvalue weighted by molar-refractivity contribution is 5.89. The van der Waals surface area contributed by atoms with E-state index in [-0.39, 0.29) is 11.8 Å². The lowest BCUT2D eigenvalue weighted by atomic mass is 9.95. The van der Waals surface area contributed by atoms with Crippen LogP contribution in [0.25, 0.3) is 10.9 Å². The van der Waals surface area contributed by atoms with Crippen molar-refractivity contribution in [3.8, 4) is 0 Å². The van der Waals surface area contributed by atoms with Crippen LogP contribution in [-0.4, -0.2) is 49.2 Å². The zero-order valence-corrected chi connectivity index (χ0v) is 13.4. The molecule has 122 valence electrons. The number of fused-ring (bicyclic) bond motifs is 1. The highest BCUT2D eigenvalue weighted by Crippen LogP contribution is 2.27. The second kappa shape index (κ2) is 7.37. The fourth-order valence-corrected chi connectivity index (χ4v) is 3.02. The molecule has 1 aliphatic heterocycles. The fourth-order valence-electron chi connectivity index (χ4n) is 3.02. The van der Waals surface area contributed by atoms with Gasteiger partial charge >= 0.3 is 0 Å². The third-order valence-corrected chi connectivity index (χ3v) is 4.29. The smallest absolute Gasteiger partial charge is 0.223 e. The number of hydrogen-bond donors (Lipinski definition) is 1. The summed E-state index contributed by atoms with van der Waals surface area (Å²) < 4.78 is 4.96. The molecule has 0 bridgehead atoms. The van der Waals surface area contributed by atoms with Crippen molar-refractivity contribution >= 4 is 22.6 Å². The first kappa shape index (κ1) is 15.7. The van der Waals surface area contributed by atoms with Gasteiger partial charge in [-0.25, -0.2) is 9.97 Å². The summed E-state index contributed by atoms with van der Waals surface area (Å²) in [5.74, 6) is 1.18. The van der Waals surface area contributed by atoms with Gasteiger partial charge in [0.2, 0.25) is 5.91 Å². The quantitative estimate of drug-likeness (QED) is 0.849. The molecule has 6 heteroatoms. The van der Waals surface area contributed by atoms with E-state index in [0.29, 0.717) is 13.2 Å². The average Bonchev–Trinajstić information content (AvgIpc) is 2.61. The van der Waals surface area contributed by atoms with E-state index in [1.807, 2.05) is 24.3 Å². The molecule has 0 atom stereocenters. The number of amides is 1. The summed E-state index contributed by atoms with van der Waals surface area (Å²) >= 11 is 0. The number of piperidine rings is 1. The zero-order chi connectivity index (χ0) is 16.1. The molecule has 1 aromatic heterocycles. The Hall–Kier alpha value is -2.21. The van der Waals surface area contributed by atoms with E-state index in [1.54, 1.807) is 13.4 Å². The third-order valence-electron chi connectivity index (χ3n) is 4.29. The number of hydrogen-bond acceptors (Lipinski definition) is 5. The molecule has 0 unspecified atom stereocenters. The van der Waals surface area contributed by atoms with Crippen molar-refractivity contribution in [2.24, 2.45) is 5.92 Å². The molecule has 0 radical (unpaired) electrons. The number of nitrogens with one attached hydrogen (secondary N) is 1. The molecule has 1 aliphatic rings. The Balaban J connectivity index is 1.63. The molecule has 0 spiro atoms. The molecule has 6 nitrogen and oxygen atoms in total. The Morgan fingerprint density at radius 2 is 2.09 bits per heavy atom. The van der Waals surface area contributed by atoms with Gasteiger partial charge in [-0.1, -0.05) is 12.1 Å². The fraction of sp³-hybridized carbons (Fsp3) is 0.471. The van der Waals surface area contributed by atoms with E-state index in [1.165, 1.54) is 0 Å². The van der Waals surface area contributed by atoms with Crippen LogP contribution in [-0.2, 0) is 9.53 Å². The van der Waals surface area contributed by atoms with Gasteiger partial charge in [-0.15, -0.1) is 0 Å². The van der Waals surface area contributed by atoms with Crippen LogP contribution in [0.4, 0.5) is 5.82 Å². The standard InChI is InChI=1S/C17H22N4O2/c1-23-11-8-18-17(22)13-6-9-21(10-7-13)16-14-4-2-3-5-15(14)19-12-20-16/h2-5,12-13H,6-11H2,1H3,(H,18,22). The van der Waals surface area contributed by atoms with E-state index in [2.05, 4.69) is 20.2 Å². The van der Waals surface area contributed by atoms with Gasteiger partial charge in [-0.05, 0) is 25.0 Å². The molecule has 0 saturated carbocycles. The van der Waals surface area contributed by atoms with Crippen LogP contribution in [0, 0.1) is 5.92 Å². The first-order valence-corrected chi connectivity index (χ1v) is 8.01. The Morgan fingerprint density at radius 3 is 2.87 bits per heavy atom. The number of aromatic nitrogens is 2. The number of para-hydroxylation sites is 1. The number of anilines is 1. The first-order chi connectivity index (χ1) is 11.3. The maximum atomic E-state index is 12.1. The molecule has 0 aliphatic carbocycles. The van der Waals surface area contributed by atoms with Crippen LogP contribution >= 0.6 is 0 Å². The molecule has 1 saturated heterocycles. The van der Waals surface area contributed by atoms with E-state index >= 15 is 0 Å². The minimum atomic E-state index is 0.0798. The number of rotatable bonds is 5. The molecule has 1 amide bonds. The van der Waals surface area contributed by atoms with Crippen molar-refractivity contribution in [1.82, 2.24) is 15.3 Å². The summed E-state index contributed by atoms with van der Waals surface area (Å²) in [6.07, 6.45) is 3.30. The van der Waals surface area contributed by atoms with Crippen molar-refractivity contribution in [2.75, 3.05) is 38.3 Å². The molecule has 23 heavy (non-hydrogen) atoms. The number of ether oxygens (including phenoxy) is 1. The monoisotopic (exact) mass is 314 g/mol. The lowest BCUT2D eigenvalue weighted by Gasteiger charge is -2.32. The number of carbonyl (C=O) groups is 1. The summed E-state index contributed by atoms with van der Waals surface area (Å²) in [4.78, 5) is 23.1. The van der Waals surface area contributed by atoms with Gasteiger partial charge in [0.05, 0.1) is 12.1 Å². The van der Waals surface area contributed by atoms with E-state index in [9.17, 15) is 4.79 Å². The lowest BCUT2D eigenvalue weighted by molar-refractivity contribution is -0.125. The molecule has 1 N–H and O–H groups in total. The third kappa shape index (κ3) is 3.59. The predicted octanol–water partition coefficient (Wildman–Crippen LogP) is 1.61. The van der Waals surface area contributed by atoms with Crippen LogP contribution in [0.1, 0.15) is 12.8 Å². The Labute approximate surface area is 135 Å². The van der Waals surface area contributed by atoms with Crippen molar-refractivity contribution < 1.29 is 9.53 Å². The number of nitrogens with zero attached hydrogens (tertiary/aromatic N) is 3. The van der Waals surface area contributed by atoms with Crippen molar-refractivity contribution in [3.63, 3.8) is 0 Å². The maximum Gasteiger partial charge on any atom is 0.223 e. The summed E-state index contributed by atoms with van der Waals surface area (Å²) in [5, 5.41) is 4.00. The average molecular weight is 314 g/mol. The van der Waals surface area contributed by atoms with Crippen molar-refractivity contribution in [2.45, 2.75) is 12.8 Å². The van der Waals surface area contributed by atoms with Crippen LogP contribution in [0.2, 0.25) is 0 Å². The van der Waals surface area contributed by atoms with Gasteiger partial charge in [-0.3, -0.25) is 4.79 Å². The van der Waals surface area contributed by atoms with Crippen molar-refractivity contribution in [1.29, 1.82) is 0 Å². The van der Waals surface area contributed by atoms with Gasteiger partial charge in [0.15, 0.2) is 0 Å². The summed E-state index contributed by atoms with van der Waals surface area (Å²) in [6, 6.07) is 8.03. The SMILES string of the molecule is COCCNC(=O)C1CCN(c2ncnc3ccccc23)CC1. The molecule has 1 fully saturated rings. The molecule has 2 heterocycles. The Morgan fingerprint density at radius 1 is 1.30 bits per heavy atom. The minimum absolute atomic E-state index is 0.0798. The molecule has 2 aromatic rings. The van der Waals surface area contributed by atoms with Gasteiger partial charge in [0, 0.05) is 38.0 Å². The highest BCUT2D eigenvalue weighted by Gasteiger charge is 2.26. The number of carbonyl (C=O) groups excluding carboxylic acids is 1. The van der Waals surface area contributed by atoms with Gasteiger partial charge in [-0.2, -0.15) is 0 Å². The highest BCUT2D eigenvalue weighted by atomic mass is 16.5. The van der Waals surface area contributed by atoms with Crippen LogP contribution in [0.3, 0.4) is 0 Å². The van der Waals surface area contributed by atoms with Gasteiger partial charge in [0.1, 0.15) is 12.1 Å². The van der Waals surface area contributed by atoms with Crippen molar-refractivity contribution in [3.05, 3.63) is 30.6 Å². The molecular weight excluding hydrogens is 292 g/mol. The largest absolute Gasteiger partial charge is 0.383 e. The zero-order valence-electron chi connectivity index (χ0n) is 13.4. The normalized spacial score (nSPS) is 15.8. The molecular formula is C17H22N4O2. The maximum absolute atomic E-state index is 12.1. The predicted molar refractivity (Wildman–Crippen MR) is 89.4 cm³/mol. The van der Waals surface area contributed by atoms with E-state index < -0.39 is 0 Å². The second-order valence-corrected chi connectivity index (χ2v) is 5.76. The lowest BCUT2D eigenvalue weighted by Crippen LogP contribution is -2.41. The Bertz CT molecular complexity index is 663. The van der Waals surface area contributed by atoms with Gasteiger partial charge in [0.25, 0.3) is 0 Å². The summed E-state index contributed by atoms with van der Waals surface area (Å²) in [7, 11) is 1.64. The summed E-state index contributed by atoms with van der Waals surface area (Å²) in [6.45, 7) is 2.80. The van der Waals surface area contributed by atoms with Crippen LogP contribution in [0.15, 0.2) is 30.6 Å². The first-order valence-electron chi connectivity index (χ1n) is 8.01.